The Morgan fingerprint density at radius 1 is 0.978 bits per heavy atom. The van der Waals surface area contributed by atoms with Gasteiger partial charge < -0.3 is 20.1 Å². The van der Waals surface area contributed by atoms with Crippen molar-refractivity contribution in [2.75, 3.05) is 48.3 Å². The Balaban J connectivity index is 1.31. The molecule has 1 amide bonds. The summed E-state index contributed by atoms with van der Waals surface area (Å²) >= 11 is 0. The van der Waals surface area contributed by atoms with Crippen molar-refractivity contribution in [1.82, 2.24) is 19.7 Å². The van der Waals surface area contributed by atoms with E-state index in [-0.39, 0.29) is 16.9 Å². The molecule has 2 N–H and O–H groups in total. The van der Waals surface area contributed by atoms with Crippen molar-refractivity contribution in [2.24, 2.45) is 7.05 Å². The lowest BCUT2D eigenvalue weighted by molar-refractivity contribution is 0.102. The van der Waals surface area contributed by atoms with Gasteiger partial charge in [0.25, 0.3) is 11.5 Å². The van der Waals surface area contributed by atoms with Gasteiger partial charge in [0.05, 0.1) is 6.07 Å². The van der Waals surface area contributed by atoms with Crippen molar-refractivity contribution < 1.29 is 4.79 Å². The maximum atomic E-state index is 13.1. The largest absolute Gasteiger partial charge is 0.353 e. The molecule has 10 nitrogen and oxygen atoms in total. The molecule has 1 aliphatic rings. The minimum absolute atomic E-state index is 0.00939. The lowest BCUT2D eigenvalue weighted by Crippen LogP contribution is -2.46. The van der Waals surface area contributed by atoms with Crippen LogP contribution in [-0.4, -0.2) is 58.3 Å². The Bertz CT molecular complexity index is 1760. The minimum atomic E-state index is -0.195. The molecule has 3 heterocycles. The van der Waals surface area contributed by atoms with Crippen molar-refractivity contribution in [3.63, 3.8) is 0 Å². The van der Waals surface area contributed by atoms with E-state index in [4.69, 9.17) is 5.26 Å². The van der Waals surface area contributed by atoms with Crippen LogP contribution in [0.5, 0.6) is 0 Å². The van der Waals surface area contributed by atoms with E-state index in [1.54, 1.807) is 19.3 Å². The van der Waals surface area contributed by atoms with Gasteiger partial charge in [-0.2, -0.15) is 5.26 Å². The fraction of sp³-hybridized carbons (Fsp3) is 0.343. The van der Waals surface area contributed by atoms with Crippen LogP contribution in [0, 0.1) is 18.3 Å². The molecule has 10 heteroatoms. The summed E-state index contributed by atoms with van der Waals surface area (Å²) in [4.78, 5) is 30.6. The number of rotatable bonds is 8. The predicted octanol–water partition coefficient (Wildman–Crippen LogP) is 5.48. The van der Waals surface area contributed by atoms with Gasteiger partial charge in [0.15, 0.2) is 11.6 Å². The number of nitriles is 1. The van der Waals surface area contributed by atoms with Crippen LogP contribution in [0.2, 0.25) is 0 Å². The maximum Gasteiger partial charge on any atom is 0.274 e. The first kappa shape index (κ1) is 31.4. The Hall–Kier alpha value is -5.01. The summed E-state index contributed by atoms with van der Waals surface area (Å²) in [6, 6.07) is 21.2. The third-order valence-corrected chi connectivity index (χ3v) is 8.24. The van der Waals surface area contributed by atoms with Crippen LogP contribution < -0.4 is 21.1 Å². The average molecular weight is 605 g/mol. The van der Waals surface area contributed by atoms with Gasteiger partial charge in [0, 0.05) is 69.2 Å². The first-order valence-electron chi connectivity index (χ1n) is 15.2. The van der Waals surface area contributed by atoms with Gasteiger partial charge in [0.1, 0.15) is 5.69 Å². The van der Waals surface area contributed by atoms with Gasteiger partial charge >= 0.3 is 0 Å². The van der Waals surface area contributed by atoms with E-state index in [1.807, 2.05) is 61.5 Å². The van der Waals surface area contributed by atoms with Crippen LogP contribution >= 0.6 is 0 Å². The van der Waals surface area contributed by atoms with E-state index < -0.39 is 0 Å². The van der Waals surface area contributed by atoms with E-state index in [0.717, 1.165) is 55.2 Å². The quantitative estimate of drug-likeness (QED) is 0.271. The highest BCUT2D eigenvalue weighted by molar-refractivity contribution is 6.05. The molecule has 0 saturated carbocycles. The molecule has 2 aromatic heterocycles. The first-order chi connectivity index (χ1) is 21.5. The summed E-state index contributed by atoms with van der Waals surface area (Å²) in [6.07, 6.45) is 2.33. The van der Waals surface area contributed by atoms with E-state index in [2.05, 4.69) is 57.5 Å². The fourth-order valence-electron chi connectivity index (χ4n) is 5.46. The van der Waals surface area contributed by atoms with E-state index in [0.29, 0.717) is 29.2 Å². The molecule has 45 heavy (non-hydrogen) atoms. The molecule has 0 spiro atoms. The van der Waals surface area contributed by atoms with Crippen molar-refractivity contribution in [3.05, 3.63) is 93.9 Å². The third kappa shape index (κ3) is 7.39. The monoisotopic (exact) mass is 604 g/mol. The molecule has 1 saturated heterocycles. The third-order valence-electron chi connectivity index (χ3n) is 8.24. The SMILES string of the molecule is Cc1c(NC(=O)c2ccc(C(C)(C)C)cc2)cccc1-c1cc(Nc2ccc(N3CCN(CCC#N)CC3)nn2)c(=O)n(C)c1. The molecule has 1 fully saturated rings. The summed E-state index contributed by atoms with van der Waals surface area (Å²) in [6.45, 7) is 12.6. The van der Waals surface area contributed by atoms with Crippen LogP contribution in [0.4, 0.5) is 23.0 Å². The molecule has 0 aliphatic carbocycles. The van der Waals surface area contributed by atoms with Crippen molar-refractivity contribution >= 4 is 28.9 Å². The second kappa shape index (κ2) is 13.3. The molecule has 0 radical (unpaired) electrons. The zero-order valence-electron chi connectivity index (χ0n) is 26.6. The number of benzene rings is 2. The first-order valence-corrected chi connectivity index (χ1v) is 15.2. The molecule has 232 valence electrons. The second-order valence-electron chi connectivity index (χ2n) is 12.5. The number of carbonyl (C=O) groups is 1. The normalized spacial score (nSPS) is 13.7. The number of amides is 1. The highest BCUT2D eigenvalue weighted by Gasteiger charge is 2.19. The smallest absolute Gasteiger partial charge is 0.274 e. The summed E-state index contributed by atoms with van der Waals surface area (Å²) < 4.78 is 1.53. The number of piperazine rings is 1. The van der Waals surface area contributed by atoms with Crippen LogP contribution in [0.3, 0.4) is 0 Å². The van der Waals surface area contributed by atoms with Crippen molar-refractivity contribution in [3.8, 4) is 17.2 Å². The summed E-state index contributed by atoms with van der Waals surface area (Å²) in [5.41, 5.74) is 5.25. The Kier molecular flexibility index (Phi) is 9.30. The number of hydrogen-bond donors (Lipinski definition) is 2. The van der Waals surface area contributed by atoms with E-state index >= 15 is 0 Å². The number of anilines is 4. The minimum Gasteiger partial charge on any atom is -0.353 e. The van der Waals surface area contributed by atoms with Gasteiger partial charge in [-0.1, -0.05) is 45.0 Å². The number of pyridine rings is 1. The van der Waals surface area contributed by atoms with Crippen LogP contribution in [0.15, 0.2) is 71.7 Å². The fourth-order valence-corrected chi connectivity index (χ4v) is 5.46. The lowest BCUT2D eigenvalue weighted by Gasteiger charge is -2.34. The molecule has 2 aromatic carbocycles. The number of carbonyl (C=O) groups excluding carboxylic acids is 1. The zero-order chi connectivity index (χ0) is 32.1. The highest BCUT2D eigenvalue weighted by atomic mass is 16.1. The molecule has 0 unspecified atom stereocenters. The van der Waals surface area contributed by atoms with Crippen LogP contribution in [0.25, 0.3) is 11.1 Å². The number of hydrogen-bond acceptors (Lipinski definition) is 8. The van der Waals surface area contributed by atoms with Gasteiger partial charge in [-0.25, -0.2) is 0 Å². The van der Waals surface area contributed by atoms with Crippen LogP contribution in [0.1, 0.15) is 48.7 Å². The number of aromatic nitrogens is 3. The van der Waals surface area contributed by atoms with Crippen LogP contribution in [-0.2, 0) is 12.5 Å². The summed E-state index contributed by atoms with van der Waals surface area (Å²) in [5.74, 6) is 1.07. The molecule has 1 aliphatic heterocycles. The Morgan fingerprint density at radius 3 is 2.36 bits per heavy atom. The number of nitrogens with one attached hydrogen (secondary N) is 2. The molecular weight excluding hydrogens is 564 g/mol. The molecule has 0 atom stereocenters. The molecule has 4 aromatic rings. The second-order valence-corrected chi connectivity index (χ2v) is 12.5. The number of aryl methyl sites for hydroxylation is 1. The molecule has 5 rings (SSSR count). The highest BCUT2D eigenvalue weighted by Crippen LogP contribution is 2.30. The average Bonchev–Trinajstić information content (AvgIpc) is 3.03. The summed E-state index contributed by atoms with van der Waals surface area (Å²) in [5, 5.41) is 23.8. The number of nitrogens with zero attached hydrogens (tertiary/aromatic N) is 6. The van der Waals surface area contributed by atoms with E-state index in [9.17, 15) is 9.59 Å². The Morgan fingerprint density at radius 2 is 1.71 bits per heavy atom. The summed E-state index contributed by atoms with van der Waals surface area (Å²) in [7, 11) is 1.71. The van der Waals surface area contributed by atoms with Gasteiger partial charge in [-0.15, -0.1) is 10.2 Å². The van der Waals surface area contributed by atoms with E-state index in [1.165, 1.54) is 10.1 Å². The maximum absolute atomic E-state index is 13.1. The topological polar surface area (TPSA) is 119 Å². The van der Waals surface area contributed by atoms with Gasteiger partial charge in [-0.05, 0) is 65.4 Å². The molecular formula is C35H40N8O2. The standard InChI is InChI=1S/C35H40N8O2/c1-24-28(8-6-9-29(24)38-33(44)25-10-12-27(13-11-25)35(2,3)4)26-22-30(34(45)41(5)23-26)37-31-14-15-32(40-39-31)43-20-18-42(19-21-43)17-7-16-36/h6,8-15,22-23H,7,17-21H2,1-5H3,(H,37,39)(H,38,44). The Labute approximate surface area is 264 Å². The lowest BCUT2D eigenvalue weighted by atomic mass is 9.86. The zero-order valence-corrected chi connectivity index (χ0v) is 26.6. The van der Waals surface area contributed by atoms with Crippen molar-refractivity contribution in [1.29, 1.82) is 5.26 Å². The van der Waals surface area contributed by atoms with Crippen molar-refractivity contribution in [2.45, 2.75) is 39.5 Å². The predicted molar refractivity (Wildman–Crippen MR) is 179 cm³/mol. The molecule has 0 bridgehead atoms. The van der Waals surface area contributed by atoms with Gasteiger partial charge in [0.2, 0.25) is 0 Å². The van der Waals surface area contributed by atoms with Gasteiger partial charge in [-0.3, -0.25) is 14.5 Å².